The minimum absolute atomic E-state index is 0.154. The molecule has 0 aliphatic rings. The van der Waals surface area contributed by atoms with E-state index in [9.17, 15) is 9.59 Å². The standard InChI is InChI=1S/C14H11N3O3/c18-12(6-5-10-3-1-7-15-9-10)17-11-4-2-8-16-13(11)14(19)20/h1-9H,(H,17,18)(H,19,20)/b6-5+. The summed E-state index contributed by atoms with van der Waals surface area (Å²) in [6.07, 6.45) is 7.47. The highest BCUT2D eigenvalue weighted by Crippen LogP contribution is 2.12. The molecular formula is C14H11N3O3. The summed E-state index contributed by atoms with van der Waals surface area (Å²) >= 11 is 0. The predicted octanol–water partition coefficient (Wildman–Crippen LogP) is 1.83. The van der Waals surface area contributed by atoms with Gasteiger partial charge in [0.1, 0.15) is 0 Å². The SMILES string of the molecule is O=C(/C=C/c1cccnc1)Nc1cccnc1C(=O)O. The maximum absolute atomic E-state index is 11.7. The number of rotatable bonds is 4. The van der Waals surface area contributed by atoms with E-state index in [1.807, 2.05) is 0 Å². The van der Waals surface area contributed by atoms with Crippen molar-refractivity contribution in [3.8, 4) is 0 Å². The van der Waals surface area contributed by atoms with Crippen LogP contribution in [0.4, 0.5) is 5.69 Å². The second kappa shape index (κ2) is 6.24. The quantitative estimate of drug-likeness (QED) is 0.826. The van der Waals surface area contributed by atoms with Crippen molar-refractivity contribution in [3.63, 3.8) is 0 Å². The number of hydrogen-bond donors (Lipinski definition) is 2. The van der Waals surface area contributed by atoms with E-state index in [4.69, 9.17) is 5.11 Å². The van der Waals surface area contributed by atoms with Crippen LogP contribution < -0.4 is 5.32 Å². The summed E-state index contributed by atoms with van der Waals surface area (Å²) in [5.41, 5.74) is 0.726. The van der Waals surface area contributed by atoms with E-state index in [1.165, 1.54) is 18.3 Å². The normalized spacial score (nSPS) is 10.4. The van der Waals surface area contributed by atoms with Crippen molar-refractivity contribution in [3.05, 3.63) is 60.2 Å². The van der Waals surface area contributed by atoms with Gasteiger partial charge >= 0.3 is 5.97 Å². The minimum Gasteiger partial charge on any atom is -0.476 e. The maximum Gasteiger partial charge on any atom is 0.356 e. The zero-order valence-corrected chi connectivity index (χ0v) is 10.4. The van der Waals surface area contributed by atoms with Gasteiger partial charge in [0.05, 0.1) is 5.69 Å². The lowest BCUT2D eigenvalue weighted by molar-refractivity contribution is -0.111. The van der Waals surface area contributed by atoms with Crippen LogP contribution in [-0.4, -0.2) is 27.0 Å². The molecule has 1 amide bonds. The third kappa shape index (κ3) is 3.49. The number of amides is 1. The Bertz CT molecular complexity index is 654. The Balaban J connectivity index is 2.09. The summed E-state index contributed by atoms with van der Waals surface area (Å²) in [6, 6.07) is 6.57. The summed E-state index contributed by atoms with van der Waals surface area (Å²) in [5.74, 6) is -1.64. The molecule has 2 rings (SSSR count). The second-order valence-electron chi connectivity index (χ2n) is 3.81. The van der Waals surface area contributed by atoms with Crippen molar-refractivity contribution in [1.82, 2.24) is 9.97 Å². The van der Waals surface area contributed by atoms with Crippen LogP contribution >= 0.6 is 0 Å². The number of nitrogens with zero attached hydrogens (tertiary/aromatic N) is 2. The lowest BCUT2D eigenvalue weighted by Crippen LogP contribution is -2.13. The molecule has 0 radical (unpaired) electrons. The smallest absolute Gasteiger partial charge is 0.356 e. The van der Waals surface area contributed by atoms with Crippen molar-refractivity contribution in [2.24, 2.45) is 0 Å². The highest BCUT2D eigenvalue weighted by Gasteiger charge is 2.11. The molecule has 0 bridgehead atoms. The van der Waals surface area contributed by atoms with Crippen molar-refractivity contribution in [2.45, 2.75) is 0 Å². The Kier molecular flexibility index (Phi) is 4.18. The van der Waals surface area contributed by atoms with Crippen LogP contribution in [0.15, 0.2) is 48.9 Å². The van der Waals surface area contributed by atoms with Crippen LogP contribution in [0.2, 0.25) is 0 Å². The van der Waals surface area contributed by atoms with Gasteiger partial charge in [-0.05, 0) is 29.8 Å². The van der Waals surface area contributed by atoms with Crippen LogP contribution in [0.25, 0.3) is 6.08 Å². The van der Waals surface area contributed by atoms with E-state index in [0.717, 1.165) is 5.56 Å². The monoisotopic (exact) mass is 269 g/mol. The molecule has 20 heavy (non-hydrogen) atoms. The van der Waals surface area contributed by atoms with Gasteiger partial charge in [-0.15, -0.1) is 0 Å². The molecule has 0 aromatic carbocycles. The van der Waals surface area contributed by atoms with Gasteiger partial charge in [-0.2, -0.15) is 0 Å². The van der Waals surface area contributed by atoms with E-state index < -0.39 is 11.9 Å². The molecule has 0 unspecified atom stereocenters. The number of aromatic nitrogens is 2. The zero-order valence-electron chi connectivity index (χ0n) is 10.4. The molecule has 0 saturated carbocycles. The van der Waals surface area contributed by atoms with Gasteiger partial charge in [0.25, 0.3) is 0 Å². The molecule has 2 N–H and O–H groups in total. The average molecular weight is 269 g/mol. The first-order valence-corrected chi connectivity index (χ1v) is 5.74. The van der Waals surface area contributed by atoms with Gasteiger partial charge in [-0.1, -0.05) is 6.07 Å². The summed E-state index contributed by atoms with van der Waals surface area (Å²) in [4.78, 5) is 30.3. The number of anilines is 1. The predicted molar refractivity (Wildman–Crippen MR) is 73.1 cm³/mol. The van der Waals surface area contributed by atoms with Gasteiger partial charge < -0.3 is 10.4 Å². The van der Waals surface area contributed by atoms with Crippen molar-refractivity contribution in [1.29, 1.82) is 0 Å². The molecule has 0 saturated heterocycles. The summed E-state index contributed by atoms with van der Waals surface area (Å²) < 4.78 is 0. The van der Waals surface area contributed by atoms with E-state index in [1.54, 1.807) is 36.7 Å². The zero-order chi connectivity index (χ0) is 14.4. The van der Waals surface area contributed by atoms with E-state index >= 15 is 0 Å². The lowest BCUT2D eigenvalue weighted by atomic mass is 10.2. The molecule has 2 aromatic rings. The Labute approximate surface area is 114 Å². The van der Waals surface area contributed by atoms with Crippen LogP contribution in [0.5, 0.6) is 0 Å². The molecule has 0 fully saturated rings. The lowest BCUT2D eigenvalue weighted by Gasteiger charge is -2.04. The Hall–Kier alpha value is -3.02. The molecule has 100 valence electrons. The molecule has 6 nitrogen and oxygen atoms in total. The highest BCUT2D eigenvalue weighted by atomic mass is 16.4. The van der Waals surface area contributed by atoms with E-state index in [-0.39, 0.29) is 11.4 Å². The largest absolute Gasteiger partial charge is 0.476 e. The molecule has 0 atom stereocenters. The van der Waals surface area contributed by atoms with Crippen LogP contribution in [0.3, 0.4) is 0 Å². The Morgan fingerprint density at radius 3 is 2.70 bits per heavy atom. The second-order valence-corrected chi connectivity index (χ2v) is 3.81. The molecule has 0 aliphatic carbocycles. The Morgan fingerprint density at radius 2 is 2.00 bits per heavy atom. The number of carboxylic acid groups (broad SMARTS) is 1. The average Bonchev–Trinajstić information content (AvgIpc) is 2.46. The van der Waals surface area contributed by atoms with Crippen LogP contribution in [0.1, 0.15) is 16.1 Å². The number of nitrogens with one attached hydrogen (secondary N) is 1. The van der Waals surface area contributed by atoms with Gasteiger partial charge in [-0.3, -0.25) is 9.78 Å². The van der Waals surface area contributed by atoms with Gasteiger partial charge in [0.2, 0.25) is 5.91 Å². The number of carbonyl (C=O) groups is 2. The van der Waals surface area contributed by atoms with Gasteiger partial charge in [0, 0.05) is 24.7 Å². The molecule has 2 aromatic heterocycles. The van der Waals surface area contributed by atoms with Gasteiger partial charge in [-0.25, -0.2) is 9.78 Å². The van der Waals surface area contributed by atoms with Crippen molar-refractivity contribution < 1.29 is 14.7 Å². The molecule has 0 aliphatic heterocycles. The first-order chi connectivity index (χ1) is 9.66. The van der Waals surface area contributed by atoms with Crippen molar-refractivity contribution in [2.75, 3.05) is 5.32 Å². The summed E-state index contributed by atoms with van der Waals surface area (Å²) in [6.45, 7) is 0. The van der Waals surface area contributed by atoms with Crippen molar-refractivity contribution >= 4 is 23.6 Å². The third-order valence-electron chi connectivity index (χ3n) is 2.38. The number of carboxylic acids is 1. The van der Waals surface area contributed by atoms with E-state index in [2.05, 4.69) is 15.3 Å². The Morgan fingerprint density at radius 1 is 1.20 bits per heavy atom. The number of aromatic carboxylic acids is 1. The van der Waals surface area contributed by atoms with Crippen LogP contribution in [0, 0.1) is 0 Å². The maximum atomic E-state index is 11.7. The fourth-order valence-electron chi connectivity index (χ4n) is 1.50. The third-order valence-corrected chi connectivity index (χ3v) is 2.38. The fraction of sp³-hybridized carbons (Fsp3) is 0. The number of carbonyl (C=O) groups excluding carboxylic acids is 1. The first-order valence-electron chi connectivity index (χ1n) is 5.74. The van der Waals surface area contributed by atoms with Crippen LogP contribution in [-0.2, 0) is 4.79 Å². The highest BCUT2D eigenvalue weighted by molar-refractivity contribution is 6.05. The molecule has 6 heteroatoms. The summed E-state index contributed by atoms with van der Waals surface area (Å²) in [5, 5.41) is 11.4. The van der Waals surface area contributed by atoms with E-state index in [0.29, 0.717) is 0 Å². The first kappa shape index (κ1) is 13.4. The topological polar surface area (TPSA) is 92.2 Å². The fourth-order valence-corrected chi connectivity index (χ4v) is 1.50. The molecule has 0 spiro atoms. The number of hydrogen-bond acceptors (Lipinski definition) is 4. The molecular weight excluding hydrogens is 258 g/mol. The summed E-state index contributed by atoms with van der Waals surface area (Å²) in [7, 11) is 0. The number of pyridine rings is 2. The minimum atomic E-state index is -1.20. The van der Waals surface area contributed by atoms with Gasteiger partial charge in [0.15, 0.2) is 5.69 Å². The molecule has 2 heterocycles.